The molecule has 12 N–H and O–H groups in total. The standard InChI is InChI=1S/C32H59N7O10S/c1-8-18(6)27(39-29(45)19(33)9-10-24(40)41)31(47)37-22(14-25(42)43)32(48)49-23(20(34)13-16(2)3)15-36-21(11-12-50-7)30(46)38-26(17(4)5)28(35)44/h16-23,26-27,36H,8-15,33-34H2,1-7H3,(H2,35,44)(H,37,47)(H,38,46)(H,39,45)(H,40,41)(H,42,43)/t18-,19-,20-,21-,22-,23-,26-,27-/m0/s1. The van der Waals surface area contributed by atoms with Crippen LogP contribution in [0.2, 0.25) is 0 Å². The van der Waals surface area contributed by atoms with Crippen LogP contribution in [0, 0.1) is 17.8 Å². The maximum atomic E-state index is 13.5. The SMILES string of the molecule is CC[C@H](C)[C@H](NC(=O)[C@@H](N)CCC(=O)O)C(=O)N[C@@H](CC(=O)O)C(=O)O[C@@H](CN[C@@H](CCSC)C(=O)N[C@H](C(N)=O)C(C)C)[C@@H](N)CC(C)C. The van der Waals surface area contributed by atoms with E-state index in [0.29, 0.717) is 25.0 Å². The van der Waals surface area contributed by atoms with E-state index in [1.165, 1.54) is 11.8 Å². The third-order valence-corrected chi connectivity index (χ3v) is 8.68. The predicted octanol–water partition coefficient (Wildman–Crippen LogP) is -0.708. The quantitative estimate of drug-likeness (QED) is 0.0497. The Morgan fingerprint density at radius 2 is 1.40 bits per heavy atom. The van der Waals surface area contributed by atoms with E-state index in [4.69, 9.17) is 27.0 Å². The van der Waals surface area contributed by atoms with E-state index < -0.39 is 96.2 Å². The van der Waals surface area contributed by atoms with Gasteiger partial charge in [0.25, 0.3) is 0 Å². The summed E-state index contributed by atoms with van der Waals surface area (Å²) >= 11 is 1.49. The van der Waals surface area contributed by atoms with E-state index in [1.807, 2.05) is 20.1 Å². The van der Waals surface area contributed by atoms with Crippen molar-refractivity contribution >= 4 is 53.3 Å². The highest BCUT2D eigenvalue weighted by Gasteiger charge is 2.35. The number of hydrogen-bond donors (Lipinski definition) is 9. The Kier molecular flexibility index (Phi) is 22.2. The van der Waals surface area contributed by atoms with Gasteiger partial charge in [-0.1, -0.05) is 48.0 Å². The van der Waals surface area contributed by atoms with Crippen molar-refractivity contribution in [1.29, 1.82) is 0 Å². The Hall–Kier alpha value is -3.48. The predicted molar refractivity (Wildman–Crippen MR) is 188 cm³/mol. The van der Waals surface area contributed by atoms with E-state index in [0.717, 1.165) is 0 Å². The van der Waals surface area contributed by atoms with Gasteiger partial charge in [0.1, 0.15) is 24.2 Å². The molecule has 0 unspecified atom stereocenters. The zero-order chi connectivity index (χ0) is 38.7. The average Bonchev–Trinajstić information content (AvgIpc) is 3.02. The molecule has 0 aliphatic heterocycles. The zero-order valence-corrected chi connectivity index (χ0v) is 31.0. The third-order valence-electron chi connectivity index (χ3n) is 8.03. The Morgan fingerprint density at radius 1 is 0.800 bits per heavy atom. The van der Waals surface area contributed by atoms with Crippen LogP contribution in [0.5, 0.6) is 0 Å². The lowest BCUT2D eigenvalue weighted by molar-refractivity contribution is -0.157. The maximum Gasteiger partial charge on any atom is 0.329 e. The number of carboxylic acids is 2. The van der Waals surface area contributed by atoms with Gasteiger partial charge in [0.05, 0.1) is 18.5 Å². The van der Waals surface area contributed by atoms with Crippen LogP contribution in [0.15, 0.2) is 0 Å². The lowest BCUT2D eigenvalue weighted by Gasteiger charge is -2.30. The van der Waals surface area contributed by atoms with Crippen LogP contribution in [0.4, 0.5) is 0 Å². The number of carboxylic acid groups (broad SMARTS) is 2. The van der Waals surface area contributed by atoms with Gasteiger partial charge in [0, 0.05) is 19.0 Å². The van der Waals surface area contributed by atoms with Gasteiger partial charge >= 0.3 is 17.9 Å². The number of rotatable bonds is 26. The van der Waals surface area contributed by atoms with Gasteiger partial charge in [-0.15, -0.1) is 0 Å². The molecule has 0 spiro atoms. The van der Waals surface area contributed by atoms with Gasteiger partial charge in [-0.05, 0) is 49.0 Å². The molecule has 0 fully saturated rings. The van der Waals surface area contributed by atoms with Crippen molar-refractivity contribution in [2.45, 2.75) is 122 Å². The van der Waals surface area contributed by atoms with Crippen LogP contribution < -0.4 is 38.5 Å². The number of primary amides is 1. The highest BCUT2D eigenvalue weighted by Crippen LogP contribution is 2.14. The van der Waals surface area contributed by atoms with Crippen molar-refractivity contribution < 1.29 is 48.5 Å². The molecule has 0 radical (unpaired) electrons. The number of nitrogens with one attached hydrogen (secondary N) is 4. The topological polar surface area (TPSA) is 295 Å². The molecule has 18 heteroatoms. The molecule has 0 rings (SSSR count). The zero-order valence-electron chi connectivity index (χ0n) is 30.2. The Labute approximate surface area is 298 Å². The first-order valence-corrected chi connectivity index (χ1v) is 18.2. The number of carbonyl (C=O) groups is 7. The van der Waals surface area contributed by atoms with Crippen LogP contribution in [0.1, 0.15) is 80.1 Å². The van der Waals surface area contributed by atoms with Crippen LogP contribution >= 0.6 is 11.8 Å². The second kappa shape index (κ2) is 23.8. The minimum atomic E-state index is -1.68. The molecule has 50 heavy (non-hydrogen) atoms. The molecule has 17 nitrogen and oxygen atoms in total. The smallest absolute Gasteiger partial charge is 0.329 e. The number of ether oxygens (including phenoxy) is 1. The van der Waals surface area contributed by atoms with E-state index in [-0.39, 0.29) is 31.2 Å². The number of aliphatic carboxylic acids is 2. The summed E-state index contributed by atoms with van der Waals surface area (Å²) in [4.78, 5) is 87.5. The van der Waals surface area contributed by atoms with Gasteiger partial charge < -0.3 is 53.4 Å². The summed E-state index contributed by atoms with van der Waals surface area (Å²) in [5.41, 5.74) is 17.7. The summed E-state index contributed by atoms with van der Waals surface area (Å²) in [6, 6.07) is -6.65. The molecule has 8 atom stereocenters. The summed E-state index contributed by atoms with van der Waals surface area (Å²) in [7, 11) is 0. The van der Waals surface area contributed by atoms with Crippen LogP contribution in [-0.2, 0) is 38.3 Å². The van der Waals surface area contributed by atoms with Crippen LogP contribution in [0.25, 0.3) is 0 Å². The fraction of sp³-hybridized carbons (Fsp3) is 0.781. The maximum absolute atomic E-state index is 13.5. The summed E-state index contributed by atoms with van der Waals surface area (Å²) in [5.74, 6) is -6.62. The molecule has 288 valence electrons. The molecule has 0 saturated heterocycles. The number of esters is 1. The molecule has 0 aliphatic rings. The molecule has 0 bridgehead atoms. The normalized spacial score (nSPS) is 16.2. The molecular formula is C32H59N7O10S. The number of carbonyl (C=O) groups excluding carboxylic acids is 5. The summed E-state index contributed by atoms with van der Waals surface area (Å²) in [6.45, 7) is 10.6. The molecule has 0 aromatic heterocycles. The van der Waals surface area contributed by atoms with E-state index in [2.05, 4.69) is 21.3 Å². The van der Waals surface area contributed by atoms with E-state index in [9.17, 15) is 38.7 Å². The Balaban J connectivity index is 6.17. The second-order valence-corrected chi connectivity index (χ2v) is 14.2. The van der Waals surface area contributed by atoms with Crippen LogP contribution in [-0.4, -0.2) is 113 Å². The lowest BCUT2D eigenvalue weighted by atomic mass is 9.97. The number of thioether (sulfide) groups is 1. The second-order valence-electron chi connectivity index (χ2n) is 13.2. The van der Waals surface area contributed by atoms with Crippen molar-refractivity contribution in [1.82, 2.24) is 21.3 Å². The molecule has 0 aromatic carbocycles. The first kappa shape index (κ1) is 46.5. The first-order valence-electron chi connectivity index (χ1n) is 16.8. The van der Waals surface area contributed by atoms with Gasteiger partial charge in [-0.2, -0.15) is 11.8 Å². The molecule has 4 amide bonds. The highest BCUT2D eigenvalue weighted by atomic mass is 32.2. The molecular weight excluding hydrogens is 674 g/mol. The van der Waals surface area contributed by atoms with Crippen molar-refractivity contribution in [3.63, 3.8) is 0 Å². The lowest BCUT2D eigenvalue weighted by Crippen LogP contribution is -2.58. The Bertz CT molecular complexity index is 1140. The number of hydrogen-bond acceptors (Lipinski definition) is 12. The highest BCUT2D eigenvalue weighted by molar-refractivity contribution is 7.98. The fourth-order valence-corrected chi connectivity index (χ4v) is 5.32. The minimum absolute atomic E-state index is 0.0699. The van der Waals surface area contributed by atoms with Gasteiger partial charge in [-0.3, -0.25) is 28.8 Å². The number of nitrogens with two attached hydrogens (primary N) is 3. The van der Waals surface area contributed by atoms with Gasteiger partial charge in [0.2, 0.25) is 23.6 Å². The molecule has 0 aliphatic carbocycles. The third kappa shape index (κ3) is 18.0. The summed E-state index contributed by atoms with van der Waals surface area (Å²) in [6.07, 6.45) is 0.515. The molecule has 0 aromatic rings. The van der Waals surface area contributed by atoms with Crippen LogP contribution in [0.3, 0.4) is 0 Å². The van der Waals surface area contributed by atoms with E-state index >= 15 is 0 Å². The van der Waals surface area contributed by atoms with Crippen molar-refractivity contribution in [3.8, 4) is 0 Å². The van der Waals surface area contributed by atoms with Crippen molar-refractivity contribution in [3.05, 3.63) is 0 Å². The molecule has 0 heterocycles. The van der Waals surface area contributed by atoms with E-state index in [1.54, 1.807) is 27.7 Å². The largest absolute Gasteiger partial charge is 0.481 e. The minimum Gasteiger partial charge on any atom is -0.481 e. The summed E-state index contributed by atoms with van der Waals surface area (Å²) in [5, 5.41) is 29.1. The molecule has 0 saturated carbocycles. The fourth-order valence-electron chi connectivity index (χ4n) is 4.85. The monoisotopic (exact) mass is 733 g/mol. The van der Waals surface area contributed by atoms with Crippen molar-refractivity contribution in [2.24, 2.45) is 35.0 Å². The van der Waals surface area contributed by atoms with Crippen molar-refractivity contribution in [2.75, 3.05) is 18.6 Å². The van der Waals surface area contributed by atoms with Gasteiger partial charge in [0.15, 0.2) is 0 Å². The average molecular weight is 734 g/mol. The summed E-state index contributed by atoms with van der Waals surface area (Å²) < 4.78 is 5.73. The number of amides is 4. The van der Waals surface area contributed by atoms with Gasteiger partial charge in [-0.25, -0.2) is 4.79 Å². The Morgan fingerprint density at radius 3 is 1.88 bits per heavy atom. The first-order chi connectivity index (χ1) is 23.2.